The highest BCUT2D eigenvalue weighted by Crippen LogP contribution is 2.26. The number of benzene rings is 1. The molecule has 5 nitrogen and oxygen atoms in total. The van der Waals surface area contributed by atoms with E-state index in [0.717, 1.165) is 0 Å². The van der Waals surface area contributed by atoms with Gasteiger partial charge in [-0.25, -0.2) is 4.79 Å². The van der Waals surface area contributed by atoms with Gasteiger partial charge in [0.1, 0.15) is 5.60 Å². The van der Waals surface area contributed by atoms with E-state index in [1.165, 1.54) is 0 Å². The molecule has 0 amide bonds. The molecule has 0 unspecified atom stereocenters. The minimum Gasteiger partial charge on any atom is -0.481 e. The van der Waals surface area contributed by atoms with Crippen LogP contribution in [-0.2, 0) is 19.9 Å². The molecule has 0 spiro atoms. The van der Waals surface area contributed by atoms with Crippen LogP contribution in [0.1, 0.15) is 32.8 Å². The first-order valence-electron chi connectivity index (χ1n) is 5.95. The van der Waals surface area contributed by atoms with Crippen molar-refractivity contribution in [2.75, 3.05) is 0 Å². The normalized spacial score (nSPS) is 14.5. The van der Waals surface area contributed by atoms with Crippen molar-refractivity contribution >= 4 is 11.9 Å². The molecule has 1 atom stereocenters. The molecule has 104 valence electrons. The summed E-state index contributed by atoms with van der Waals surface area (Å²) in [7, 11) is 0. The van der Waals surface area contributed by atoms with Crippen molar-refractivity contribution in [3.05, 3.63) is 35.9 Å². The maximum absolute atomic E-state index is 12.2. The Balaban J connectivity index is 3.14. The highest BCUT2D eigenvalue weighted by atomic mass is 16.6. The lowest BCUT2D eigenvalue weighted by atomic mass is 9.87. The number of carboxylic acids is 1. The standard InChI is InChI=1S/C14H19NO4/c1-13(2,3)19-12(18)14(15,9-11(16)17)10-7-5-4-6-8-10/h4-8H,9,15H2,1-3H3,(H,16,17)/t14-/m1/s1. The molecule has 0 aromatic heterocycles. The van der Waals surface area contributed by atoms with E-state index in [2.05, 4.69) is 0 Å². The van der Waals surface area contributed by atoms with Gasteiger partial charge in [0.05, 0.1) is 6.42 Å². The SMILES string of the molecule is CC(C)(C)OC(=O)[C@@](N)(CC(=O)O)c1ccccc1. The minimum atomic E-state index is -1.68. The fourth-order valence-corrected chi connectivity index (χ4v) is 1.64. The predicted octanol–water partition coefficient (Wildman–Crippen LogP) is 1.66. The van der Waals surface area contributed by atoms with Gasteiger partial charge in [-0.05, 0) is 26.3 Å². The molecule has 0 aliphatic carbocycles. The zero-order valence-electron chi connectivity index (χ0n) is 11.3. The predicted molar refractivity (Wildman–Crippen MR) is 70.4 cm³/mol. The smallest absolute Gasteiger partial charge is 0.331 e. The second-order valence-electron chi connectivity index (χ2n) is 5.41. The molecule has 1 aromatic carbocycles. The average molecular weight is 265 g/mol. The fraction of sp³-hybridized carbons (Fsp3) is 0.429. The Labute approximate surface area is 112 Å². The first kappa shape index (κ1) is 15.2. The van der Waals surface area contributed by atoms with Crippen molar-refractivity contribution in [2.24, 2.45) is 5.73 Å². The van der Waals surface area contributed by atoms with E-state index in [9.17, 15) is 9.59 Å². The maximum Gasteiger partial charge on any atom is 0.331 e. The molecule has 0 saturated heterocycles. The van der Waals surface area contributed by atoms with Crippen LogP contribution in [0.5, 0.6) is 0 Å². The average Bonchev–Trinajstić information content (AvgIpc) is 2.26. The summed E-state index contributed by atoms with van der Waals surface area (Å²) in [6.45, 7) is 5.12. The third-order valence-corrected chi connectivity index (χ3v) is 2.48. The van der Waals surface area contributed by atoms with Gasteiger partial charge in [-0.1, -0.05) is 30.3 Å². The Bertz CT molecular complexity index is 464. The van der Waals surface area contributed by atoms with Crippen LogP contribution < -0.4 is 5.73 Å². The Kier molecular flexibility index (Phi) is 4.32. The summed E-state index contributed by atoms with van der Waals surface area (Å²) in [4.78, 5) is 23.2. The van der Waals surface area contributed by atoms with Gasteiger partial charge in [0.15, 0.2) is 5.54 Å². The number of carbonyl (C=O) groups is 2. The number of ether oxygens (including phenoxy) is 1. The third kappa shape index (κ3) is 4.06. The van der Waals surface area contributed by atoms with E-state index >= 15 is 0 Å². The van der Waals surface area contributed by atoms with Crippen LogP contribution in [0.25, 0.3) is 0 Å². The maximum atomic E-state index is 12.2. The van der Waals surface area contributed by atoms with E-state index in [1.807, 2.05) is 0 Å². The summed E-state index contributed by atoms with van der Waals surface area (Å²) in [5, 5.41) is 8.97. The van der Waals surface area contributed by atoms with Gasteiger partial charge in [0, 0.05) is 0 Å². The second kappa shape index (κ2) is 5.40. The molecular weight excluding hydrogens is 246 g/mol. The molecule has 0 fully saturated rings. The molecule has 0 heterocycles. The van der Waals surface area contributed by atoms with Crippen LogP contribution in [0.3, 0.4) is 0 Å². The Morgan fingerprint density at radius 1 is 1.21 bits per heavy atom. The first-order valence-corrected chi connectivity index (χ1v) is 5.95. The Hall–Kier alpha value is -1.88. The molecule has 0 saturated carbocycles. The topological polar surface area (TPSA) is 89.6 Å². The van der Waals surface area contributed by atoms with Gasteiger partial charge in [0.2, 0.25) is 0 Å². The molecular formula is C14H19NO4. The highest BCUT2D eigenvalue weighted by molar-refractivity contribution is 5.87. The fourth-order valence-electron chi connectivity index (χ4n) is 1.64. The monoisotopic (exact) mass is 265 g/mol. The van der Waals surface area contributed by atoms with Crippen LogP contribution in [-0.4, -0.2) is 22.6 Å². The van der Waals surface area contributed by atoms with Gasteiger partial charge in [0.25, 0.3) is 0 Å². The number of carbonyl (C=O) groups excluding carboxylic acids is 1. The van der Waals surface area contributed by atoms with Crippen LogP contribution >= 0.6 is 0 Å². The summed E-state index contributed by atoms with van der Waals surface area (Å²) < 4.78 is 5.23. The molecule has 0 aliphatic heterocycles. The second-order valence-corrected chi connectivity index (χ2v) is 5.41. The summed E-state index contributed by atoms with van der Waals surface area (Å²) in [6, 6.07) is 8.39. The summed E-state index contributed by atoms with van der Waals surface area (Å²) in [5.41, 5.74) is 4.03. The molecule has 1 rings (SSSR count). The van der Waals surface area contributed by atoms with E-state index in [1.54, 1.807) is 51.1 Å². The van der Waals surface area contributed by atoms with Gasteiger partial charge >= 0.3 is 11.9 Å². The van der Waals surface area contributed by atoms with Crippen molar-refractivity contribution in [1.29, 1.82) is 0 Å². The number of hydrogen-bond donors (Lipinski definition) is 2. The molecule has 1 aromatic rings. The number of esters is 1. The summed E-state index contributed by atoms with van der Waals surface area (Å²) in [5.74, 6) is -1.90. The molecule has 0 aliphatic rings. The van der Waals surface area contributed by atoms with E-state index in [4.69, 9.17) is 15.6 Å². The van der Waals surface area contributed by atoms with Gasteiger partial charge in [-0.2, -0.15) is 0 Å². The zero-order valence-corrected chi connectivity index (χ0v) is 11.3. The van der Waals surface area contributed by atoms with Crippen LogP contribution in [0.4, 0.5) is 0 Å². The minimum absolute atomic E-state index is 0.423. The Morgan fingerprint density at radius 3 is 2.16 bits per heavy atom. The number of carboxylic acid groups (broad SMARTS) is 1. The van der Waals surface area contributed by atoms with Crippen molar-refractivity contribution < 1.29 is 19.4 Å². The molecule has 19 heavy (non-hydrogen) atoms. The zero-order chi connectivity index (χ0) is 14.7. The first-order chi connectivity index (χ1) is 8.65. The number of aliphatic carboxylic acids is 1. The molecule has 0 bridgehead atoms. The third-order valence-electron chi connectivity index (χ3n) is 2.48. The lowest BCUT2D eigenvalue weighted by molar-refractivity contribution is -0.165. The summed E-state index contributed by atoms with van der Waals surface area (Å²) in [6.07, 6.45) is -0.522. The van der Waals surface area contributed by atoms with Crippen molar-refractivity contribution in [1.82, 2.24) is 0 Å². The van der Waals surface area contributed by atoms with Crippen molar-refractivity contribution in [3.8, 4) is 0 Å². The largest absolute Gasteiger partial charge is 0.481 e. The van der Waals surface area contributed by atoms with Crippen molar-refractivity contribution in [3.63, 3.8) is 0 Å². The summed E-state index contributed by atoms with van der Waals surface area (Å²) >= 11 is 0. The van der Waals surface area contributed by atoms with Crippen LogP contribution in [0.2, 0.25) is 0 Å². The molecule has 5 heteroatoms. The quantitative estimate of drug-likeness (QED) is 0.808. The lowest BCUT2D eigenvalue weighted by Gasteiger charge is -2.30. The van der Waals surface area contributed by atoms with Gasteiger partial charge < -0.3 is 15.6 Å². The van der Waals surface area contributed by atoms with E-state index < -0.39 is 29.5 Å². The van der Waals surface area contributed by atoms with Crippen LogP contribution in [0, 0.1) is 0 Å². The molecule has 3 N–H and O–H groups in total. The van der Waals surface area contributed by atoms with E-state index in [0.29, 0.717) is 5.56 Å². The number of rotatable bonds is 4. The van der Waals surface area contributed by atoms with Gasteiger partial charge in [-0.15, -0.1) is 0 Å². The van der Waals surface area contributed by atoms with E-state index in [-0.39, 0.29) is 0 Å². The van der Waals surface area contributed by atoms with Crippen LogP contribution in [0.15, 0.2) is 30.3 Å². The highest BCUT2D eigenvalue weighted by Gasteiger charge is 2.41. The van der Waals surface area contributed by atoms with Gasteiger partial charge in [-0.3, -0.25) is 4.79 Å². The number of nitrogens with two attached hydrogens (primary N) is 1. The number of hydrogen-bond acceptors (Lipinski definition) is 4. The molecule has 0 radical (unpaired) electrons. The Morgan fingerprint density at radius 2 is 1.74 bits per heavy atom. The lowest BCUT2D eigenvalue weighted by Crippen LogP contribution is -2.49. The van der Waals surface area contributed by atoms with Crippen molar-refractivity contribution in [2.45, 2.75) is 38.3 Å².